The molecule has 1 aromatic carbocycles. The highest BCUT2D eigenvalue weighted by molar-refractivity contribution is 6.30. The molecule has 0 spiro atoms. The number of hydrogen-bond acceptors (Lipinski definition) is 2. The van der Waals surface area contributed by atoms with Crippen molar-refractivity contribution in [2.75, 3.05) is 6.54 Å². The zero-order valence-corrected chi connectivity index (χ0v) is 13.6. The van der Waals surface area contributed by atoms with E-state index in [9.17, 15) is 4.79 Å². The third-order valence-electron chi connectivity index (χ3n) is 5.01. The lowest BCUT2D eigenvalue weighted by atomic mass is 10.1. The van der Waals surface area contributed by atoms with Gasteiger partial charge in [0.1, 0.15) is 0 Å². The molecular weight excluding hydrogens is 308 g/mol. The molecule has 3 atom stereocenters. The summed E-state index contributed by atoms with van der Waals surface area (Å²) in [4.78, 5) is 19.1. The molecule has 23 heavy (non-hydrogen) atoms. The Morgan fingerprint density at radius 3 is 2.78 bits per heavy atom. The SMILES string of the molecule is O=C([C@@H]1C[C@H]1c1cccc(Cl)c1)N1CCC[C@H]1c1ccncc1. The Hall–Kier alpha value is -1.87. The van der Waals surface area contributed by atoms with E-state index >= 15 is 0 Å². The first-order chi connectivity index (χ1) is 11.2. The van der Waals surface area contributed by atoms with Gasteiger partial charge in [0.25, 0.3) is 0 Å². The molecule has 1 aliphatic carbocycles. The lowest BCUT2D eigenvalue weighted by Gasteiger charge is -2.25. The van der Waals surface area contributed by atoms with E-state index in [2.05, 4.69) is 16.0 Å². The summed E-state index contributed by atoms with van der Waals surface area (Å²) in [5.41, 5.74) is 2.39. The summed E-state index contributed by atoms with van der Waals surface area (Å²) in [6, 6.07) is 12.2. The third-order valence-corrected chi connectivity index (χ3v) is 5.25. The summed E-state index contributed by atoms with van der Waals surface area (Å²) in [6.07, 6.45) is 6.68. The van der Waals surface area contributed by atoms with Crippen molar-refractivity contribution >= 4 is 17.5 Å². The number of nitrogens with zero attached hydrogens (tertiary/aromatic N) is 2. The number of likely N-dealkylation sites (tertiary alicyclic amines) is 1. The summed E-state index contributed by atoms with van der Waals surface area (Å²) in [7, 11) is 0. The van der Waals surface area contributed by atoms with Crippen molar-refractivity contribution in [2.45, 2.75) is 31.2 Å². The predicted molar refractivity (Wildman–Crippen MR) is 90.2 cm³/mol. The first-order valence-corrected chi connectivity index (χ1v) is 8.57. The van der Waals surface area contributed by atoms with Crippen molar-refractivity contribution < 1.29 is 4.79 Å². The molecule has 1 saturated heterocycles. The van der Waals surface area contributed by atoms with E-state index in [0.717, 1.165) is 30.8 Å². The molecule has 1 aliphatic heterocycles. The summed E-state index contributed by atoms with van der Waals surface area (Å²) in [5.74, 6) is 0.755. The van der Waals surface area contributed by atoms with Crippen LogP contribution >= 0.6 is 11.6 Å². The molecule has 1 amide bonds. The molecule has 118 valence electrons. The van der Waals surface area contributed by atoms with Gasteiger partial charge in [0.15, 0.2) is 0 Å². The van der Waals surface area contributed by atoms with Crippen LogP contribution in [0.3, 0.4) is 0 Å². The van der Waals surface area contributed by atoms with Crippen molar-refractivity contribution in [1.82, 2.24) is 9.88 Å². The maximum absolute atomic E-state index is 12.9. The number of hydrogen-bond donors (Lipinski definition) is 0. The van der Waals surface area contributed by atoms with E-state index in [1.54, 1.807) is 0 Å². The molecule has 0 N–H and O–H groups in total. The van der Waals surface area contributed by atoms with Crippen LogP contribution < -0.4 is 0 Å². The van der Waals surface area contributed by atoms with Crippen LogP contribution in [0.5, 0.6) is 0 Å². The lowest BCUT2D eigenvalue weighted by molar-refractivity contribution is -0.133. The average Bonchev–Trinajstić information content (AvgIpc) is 3.23. The number of rotatable bonds is 3. The summed E-state index contributed by atoms with van der Waals surface area (Å²) in [6.45, 7) is 0.866. The van der Waals surface area contributed by atoms with Gasteiger partial charge in [-0.25, -0.2) is 0 Å². The smallest absolute Gasteiger partial charge is 0.226 e. The number of amides is 1. The molecule has 4 heteroatoms. The van der Waals surface area contributed by atoms with E-state index in [1.807, 2.05) is 42.7 Å². The topological polar surface area (TPSA) is 33.2 Å². The second-order valence-corrected chi connectivity index (χ2v) is 6.91. The van der Waals surface area contributed by atoms with Crippen molar-refractivity contribution in [3.05, 3.63) is 64.9 Å². The molecule has 0 unspecified atom stereocenters. The highest BCUT2D eigenvalue weighted by Crippen LogP contribution is 2.50. The van der Waals surface area contributed by atoms with Crippen LogP contribution in [-0.2, 0) is 4.79 Å². The second-order valence-electron chi connectivity index (χ2n) is 6.47. The van der Waals surface area contributed by atoms with Crippen molar-refractivity contribution in [2.24, 2.45) is 5.92 Å². The first kappa shape index (κ1) is 14.7. The van der Waals surface area contributed by atoms with E-state index < -0.39 is 0 Å². The Bertz CT molecular complexity index is 718. The molecule has 2 aliphatic rings. The van der Waals surface area contributed by atoms with E-state index in [0.29, 0.717) is 11.8 Å². The van der Waals surface area contributed by atoms with E-state index in [4.69, 9.17) is 11.6 Å². The predicted octanol–water partition coefficient (Wildman–Crippen LogP) is 4.20. The molecule has 0 radical (unpaired) electrons. The monoisotopic (exact) mass is 326 g/mol. The standard InChI is InChI=1S/C19H19ClN2O/c20-15-4-1-3-14(11-15)16-12-17(16)19(23)22-10-2-5-18(22)13-6-8-21-9-7-13/h1,3-4,6-9,11,16-18H,2,5,10,12H2/t16-,17+,18-/m0/s1. The van der Waals surface area contributed by atoms with Gasteiger partial charge in [-0.2, -0.15) is 0 Å². The lowest BCUT2D eigenvalue weighted by Crippen LogP contribution is -2.32. The molecule has 1 saturated carbocycles. The minimum Gasteiger partial charge on any atom is -0.335 e. The quantitative estimate of drug-likeness (QED) is 0.846. The number of carbonyl (C=O) groups excluding carboxylic acids is 1. The molecule has 2 heterocycles. The summed E-state index contributed by atoms with van der Waals surface area (Å²) in [5, 5.41) is 0.747. The van der Waals surface area contributed by atoms with Crippen LogP contribution in [0.4, 0.5) is 0 Å². The maximum atomic E-state index is 12.9. The van der Waals surface area contributed by atoms with Crippen LogP contribution in [-0.4, -0.2) is 22.3 Å². The number of pyridine rings is 1. The normalized spacial score (nSPS) is 26.3. The van der Waals surface area contributed by atoms with Crippen LogP contribution in [0.2, 0.25) is 5.02 Å². The second kappa shape index (κ2) is 5.97. The summed E-state index contributed by atoms with van der Waals surface area (Å²) >= 11 is 6.07. The molecule has 2 aromatic rings. The van der Waals surface area contributed by atoms with Gasteiger partial charge in [-0.15, -0.1) is 0 Å². The minimum absolute atomic E-state index is 0.121. The average molecular weight is 327 g/mol. The van der Waals surface area contributed by atoms with Crippen LogP contribution in [0, 0.1) is 5.92 Å². The van der Waals surface area contributed by atoms with Crippen molar-refractivity contribution in [3.8, 4) is 0 Å². The van der Waals surface area contributed by atoms with Gasteiger partial charge in [-0.3, -0.25) is 9.78 Å². The number of aromatic nitrogens is 1. The van der Waals surface area contributed by atoms with E-state index in [1.165, 1.54) is 11.1 Å². The fourth-order valence-corrected chi connectivity index (χ4v) is 3.95. The van der Waals surface area contributed by atoms with Gasteiger partial charge >= 0.3 is 0 Å². The minimum atomic E-state index is 0.121. The van der Waals surface area contributed by atoms with Gasteiger partial charge in [-0.1, -0.05) is 23.7 Å². The summed E-state index contributed by atoms with van der Waals surface area (Å²) < 4.78 is 0. The highest BCUT2D eigenvalue weighted by Gasteiger charge is 2.47. The highest BCUT2D eigenvalue weighted by atomic mass is 35.5. The Morgan fingerprint density at radius 1 is 1.17 bits per heavy atom. The number of benzene rings is 1. The Kier molecular flexibility index (Phi) is 3.82. The van der Waals surface area contributed by atoms with Crippen molar-refractivity contribution in [1.29, 1.82) is 0 Å². The van der Waals surface area contributed by atoms with Crippen LogP contribution in [0.1, 0.15) is 42.3 Å². The van der Waals surface area contributed by atoms with Gasteiger partial charge in [-0.05, 0) is 60.6 Å². The molecule has 3 nitrogen and oxygen atoms in total. The molecule has 4 rings (SSSR count). The zero-order chi connectivity index (χ0) is 15.8. The van der Waals surface area contributed by atoms with Gasteiger partial charge in [0, 0.05) is 29.9 Å². The Morgan fingerprint density at radius 2 is 2.00 bits per heavy atom. The zero-order valence-electron chi connectivity index (χ0n) is 12.9. The van der Waals surface area contributed by atoms with Crippen LogP contribution in [0.15, 0.2) is 48.8 Å². The Labute approximate surface area is 141 Å². The van der Waals surface area contributed by atoms with Gasteiger partial charge in [0.05, 0.1) is 6.04 Å². The van der Waals surface area contributed by atoms with Gasteiger partial charge in [0.2, 0.25) is 5.91 Å². The molecule has 0 bridgehead atoms. The van der Waals surface area contributed by atoms with E-state index in [-0.39, 0.29) is 12.0 Å². The van der Waals surface area contributed by atoms with Crippen LogP contribution in [0.25, 0.3) is 0 Å². The fraction of sp³-hybridized carbons (Fsp3) is 0.368. The third kappa shape index (κ3) is 2.86. The largest absolute Gasteiger partial charge is 0.335 e. The fourth-order valence-electron chi connectivity index (χ4n) is 3.75. The number of halogens is 1. The Balaban J connectivity index is 1.49. The van der Waals surface area contributed by atoms with Crippen molar-refractivity contribution in [3.63, 3.8) is 0 Å². The number of carbonyl (C=O) groups is 1. The maximum Gasteiger partial charge on any atom is 0.226 e. The van der Waals surface area contributed by atoms with Gasteiger partial charge < -0.3 is 4.90 Å². The molecule has 2 fully saturated rings. The molecule has 1 aromatic heterocycles. The first-order valence-electron chi connectivity index (χ1n) is 8.20. The molecular formula is C19H19ClN2O.